The Bertz CT molecular complexity index is 738. The molecular weight excluding hydrogens is 336 g/mol. The van der Waals surface area contributed by atoms with E-state index in [1.54, 1.807) is 6.08 Å². The molecule has 2 nitrogen and oxygen atoms in total. The standard InChI is InChI=1S/C23H26O2Si/c1-23(2,3)26(21-15-9-7-10-16-21,22-17-11-8-12-18-22)25-20-14-6-4-5-13-19-24/h4,6-12,15-19H,14,20H2,1-3H3/b6-4+. The van der Waals surface area contributed by atoms with Crippen LogP contribution in [0.4, 0.5) is 0 Å². The number of carbonyl (C=O) groups excluding carboxylic acids is 1. The molecule has 26 heavy (non-hydrogen) atoms. The Balaban J connectivity index is 2.38. The molecule has 2 aromatic rings. The summed E-state index contributed by atoms with van der Waals surface area (Å²) >= 11 is 0. The van der Waals surface area contributed by atoms with Crippen molar-refractivity contribution in [3.63, 3.8) is 0 Å². The van der Waals surface area contributed by atoms with Gasteiger partial charge in [-0.25, -0.2) is 0 Å². The van der Waals surface area contributed by atoms with Crippen LogP contribution in [-0.4, -0.2) is 21.2 Å². The van der Waals surface area contributed by atoms with Crippen molar-refractivity contribution in [3.8, 4) is 11.8 Å². The Kier molecular flexibility index (Phi) is 7.14. The molecule has 0 fully saturated rings. The van der Waals surface area contributed by atoms with Gasteiger partial charge >= 0.3 is 0 Å². The molecule has 2 aromatic carbocycles. The van der Waals surface area contributed by atoms with Crippen LogP contribution in [0.15, 0.2) is 72.8 Å². The lowest BCUT2D eigenvalue weighted by atomic mass is 10.2. The Hall–Kier alpha value is -2.41. The summed E-state index contributed by atoms with van der Waals surface area (Å²) in [6, 6.07) is 21.2. The number of allylic oxidation sites excluding steroid dienone is 1. The summed E-state index contributed by atoms with van der Waals surface area (Å²) in [6.45, 7) is 7.42. The third kappa shape index (κ3) is 4.60. The fourth-order valence-corrected chi connectivity index (χ4v) is 7.85. The molecule has 0 unspecified atom stereocenters. The van der Waals surface area contributed by atoms with Gasteiger partial charge < -0.3 is 4.43 Å². The lowest BCUT2D eigenvalue weighted by Crippen LogP contribution is -2.66. The Morgan fingerprint density at radius 3 is 1.92 bits per heavy atom. The van der Waals surface area contributed by atoms with Crippen LogP contribution in [-0.2, 0) is 9.22 Å². The molecular formula is C23H26O2Si. The second kappa shape index (κ2) is 9.33. The molecule has 134 valence electrons. The molecule has 0 aliphatic carbocycles. The molecule has 0 heterocycles. The second-order valence-electron chi connectivity index (χ2n) is 7.11. The average Bonchev–Trinajstić information content (AvgIpc) is 2.64. The van der Waals surface area contributed by atoms with Crippen molar-refractivity contribution in [2.24, 2.45) is 0 Å². The maximum atomic E-state index is 10.2. The van der Waals surface area contributed by atoms with Crippen molar-refractivity contribution in [2.75, 3.05) is 6.61 Å². The highest BCUT2D eigenvalue weighted by atomic mass is 28.4. The maximum Gasteiger partial charge on any atom is 0.261 e. The molecule has 0 aliphatic rings. The van der Waals surface area contributed by atoms with E-state index in [1.165, 1.54) is 10.4 Å². The minimum Gasteiger partial charge on any atom is -0.407 e. The predicted molar refractivity (Wildman–Crippen MR) is 111 cm³/mol. The summed E-state index contributed by atoms with van der Waals surface area (Å²) < 4.78 is 6.74. The van der Waals surface area contributed by atoms with Gasteiger partial charge in [-0.2, -0.15) is 0 Å². The molecule has 2 rings (SSSR count). The zero-order chi connectivity index (χ0) is 18.9. The summed E-state index contributed by atoms with van der Waals surface area (Å²) in [5.41, 5.74) is 0. The third-order valence-corrected chi connectivity index (χ3v) is 9.41. The minimum absolute atomic E-state index is 0.0171. The Morgan fingerprint density at radius 1 is 0.923 bits per heavy atom. The van der Waals surface area contributed by atoms with Crippen LogP contribution in [0, 0.1) is 11.8 Å². The first-order valence-corrected chi connectivity index (χ1v) is 10.8. The Morgan fingerprint density at radius 2 is 1.46 bits per heavy atom. The fourth-order valence-electron chi connectivity index (χ4n) is 3.27. The lowest BCUT2D eigenvalue weighted by Gasteiger charge is -2.43. The van der Waals surface area contributed by atoms with E-state index < -0.39 is 8.32 Å². The summed E-state index contributed by atoms with van der Waals surface area (Å²) in [5, 5.41) is 2.54. The highest BCUT2D eigenvalue weighted by Gasteiger charge is 2.49. The van der Waals surface area contributed by atoms with Crippen molar-refractivity contribution in [1.82, 2.24) is 0 Å². The predicted octanol–water partition coefficient (Wildman–Crippen LogP) is 3.71. The quantitative estimate of drug-likeness (QED) is 0.339. The van der Waals surface area contributed by atoms with Crippen LogP contribution in [0.5, 0.6) is 0 Å². The van der Waals surface area contributed by atoms with E-state index in [0.29, 0.717) is 12.9 Å². The van der Waals surface area contributed by atoms with Gasteiger partial charge in [0.15, 0.2) is 6.29 Å². The minimum atomic E-state index is -2.45. The zero-order valence-corrected chi connectivity index (χ0v) is 16.7. The normalized spacial score (nSPS) is 11.8. The first kappa shape index (κ1) is 19.9. The van der Waals surface area contributed by atoms with E-state index in [4.69, 9.17) is 4.43 Å². The zero-order valence-electron chi connectivity index (χ0n) is 15.7. The SMILES string of the molecule is CC(C)(C)[Si](OCC/C=C/C#CC=O)(c1ccccc1)c1ccccc1. The second-order valence-corrected chi connectivity index (χ2v) is 11.4. The maximum absolute atomic E-state index is 10.2. The summed E-state index contributed by atoms with van der Waals surface area (Å²) in [6.07, 6.45) is 5.03. The van der Waals surface area contributed by atoms with E-state index in [-0.39, 0.29) is 5.04 Å². The molecule has 0 amide bonds. The molecule has 0 bridgehead atoms. The molecule has 0 N–H and O–H groups in total. The molecule has 0 spiro atoms. The van der Waals surface area contributed by atoms with Crippen molar-refractivity contribution in [3.05, 3.63) is 72.8 Å². The third-order valence-electron chi connectivity index (χ3n) is 4.36. The van der Waals surface area contributed by atoms with Crippen molar-refractivity contribution in [2.45, 2.75) is 32.2 Å². The van der Waals surface area contributed by atoms with Gasteiger partial charge in [0.1, 0.15) is 0 Å². The van der Waals surface area contributed by atoms with E-state index in [1.807, 2.05) is 18.2 Å². The van der Waals surface area contributed by atoms with Crippen LogP contribution < -0.4 is 10.4 Å². The van der Waals surface area contributed by atoms with E-state index in [2.05, 4.69) is 81.1 Å². The van der Waals surface area contributed by atoms with Crippen LogP contribution >= 0.6 is 0 Å². The van der Waals surface area contributed by atoms with Gasteiger partial charge in [0.2, 0.25) is 0 Å². The first-order chi connectivity index (χ1) is 12.5. The molecule has 0 aliphatic heterocycles. The van der Waals surface area contributed by atoms with Crippen LogP contribution in [0.1, 0.15) is 27.2 Å². The van der Waals surface area contributed by atoms with Gasteiger partial charge in [0, 0.05) is 6.61 Å². The number of benzene rings is 2. The topological polar surface area (TPSA) is 26.3 Å². The monoisotopic (exact) mass is 362 g/mol. The van der Waals surface area contributed by atoms with Gasteiger partial charge in [0.25, 0.3) is 8.32 Å². The van der Waals surface area contributed by atoms with Crippen LogP contribution in [0.25, 0.3) is 0 Å². The number of rotatable bonds is 6. The molecule has 0 radical (unpaired) electrons. The summed E-state index contributed by atoms with van der Waals surface area (Å²) in [5.74, 6) is 5.07. The molecule has 3 heteroatoms. The van der Waals surface area contributed by atoms with Gasteiger partial charge in [-0.05, 0) is 33.8 Å². The van der Waals surface area contributed by atoms with Gasteiger partial charge in [-0.3, -0.25) is 4.79 Å². The molecule has 0 aromatic heterocycles. The average molecular weight is 363 g/mol. The summed E-state index contributed by atoms with van der Waals surface area (Å²) in [4.78, 5) is 10.2. The number of carbonyl (C=O) groups is 1. The number of aldehydes is 1. The van der Waals surface area contributed by atoms with Crippen molar-refractivity contribution in [1.29, 1.82) is 0 Å². The first-order valence-electron chi connectivity index (χ1n) is 8.87. The highest BCUT2D eigenvalue weighted by molar-refractivity contribution is 6.99. The molecule has 0 saturated carbocycles. The summed E-state index contributed by atoms with van der Waals surface area (Å²) in [7, 11) is -2.45. The van der Waals surface area contributed by atoms with E-state index >= 15 is 0 Å². The van der Waals surface area contributed by atoms with Crippen molar-refractivity contribution >= 4 is 25.0 Å². The number of hydrogen-bond acceptors (Lipinski definition) is 2. The van der Waals surface area contributed by atoms with Crippen molar-refractivity contribution < 1.29 is 9.22 Å². The molecule has 0 saturated heterocycles. The van der Waals surface area contributed by atoms with Gasteiger partial charge in [-0.15, -0.1) is 0 Å². The lowest BCUT2D eigenvalue weighted by molar-refractivity contribution is -0.103. The smallest absolute Gasteiger partial charge is 0.261 e. The fraction of sp³-hybridized carbons (Fsp3) is 0.261. The van der Waals surface area contributed by atoms with Gasteiger partial charge in [0.05, 0.1) is 0 Å². The highest BCUT2D eigenvalue weighted by Crippen LogP contribution is 2.36. The molecule has 0 atom stereocenters. The van der Waals surface area contributed by atoms with E-state index in [0.717, 1.165) is 6.42 Å². The Labute approximate surface area is 158 Å². The van der Waals surface area contributed by atoms with Crippen LogP contribution in [0.2, 0.25) is 5.04 Å². The van der Waals surface area contributed by atoms with Crippen LogP contribution in [0.3, 0.4) is 0 Å². The number of hydrogen-bond donors (Lipinski definition) is 0. The van der Waals surface area contributed by atoms with E-state index in [9.17, 15) is 4.79 Å². The van der Waals surface area contributed by atoms with Gasteiger partial charge in [-0.1, -0.05) is 93.4 Å². The largest absolute Gasteiger partial charge is 0.407 e.